The zero-order chi connectivity index (χ0) is 18.3. The van der Waals surface area contributed by atoms with Gasteiger partial charge in [0.15, 0.2) is 5.16 Å². The Kier molecular flexibility index (Phi) is 4.38. The minimum atomic E-state index is -0.371. The van der Waals surface area contributed by atoms with Crippen molar-refractivity contribution in [1.82, 2.24) is 9.97 Å². The molecule has 2 aromatic heterocycles. The van der Waals surface area contributed by atoms with Gasteiger partial charge in [0, 0.05) is 28.3 Å². The van der Waals surface area contributed by atoms with Crippen LogP contribution in [0.4, 0.5) is 0 Å². The van der Waals surface area contributed by atoms with Gasteiger partial charge in [-0.05, 0) is 42.3 Å². The summed E-state index contributed by atoms with van der Waals surface area (Å²) in [6.07, 6.45) is 0. The summed E-state index contributed by atoms with van der Waals surface area (Å²) < 4.78 is 10.5. The van der Waals surface area contributed by atoms with Gasteiger partial charge in [0.05, 0.1) is 18.1 Å². The number of benzene rings is 2. The highest BCUT2D eigenvalue weighted by atomic mass is 35.5. The third-order valence-corrected chi connectivity index (χ3v) is 5.47. The van der Waals surface area contributed by atoms with Crippen LogP contribution in [-0.4, -0.2) is 17.1 Å². The lowest BCUT2D eigenvalue weighted by Crippen LogP contribution is -2.00. The quantitative estimate of drug-likeness (QED) is 0.397. The fraction of sp³-hybridized carbons (Fsp3) is 0.158. The second-order valence-corrected chi connectivity index (χ2v) is 7.27. The molecule has 0 fully saturated rings. The molecule has 26 heavy (non-hydrogen) atoms. The van der Waals surface area contributed by atoms with Crippen LogP contribution in [0.1, 0.15) is 11.1 Å². The number of H-pyrrole nitrogens is 1. The number of aryl methyl sites for hydroxylation is 1. The first kappa shape index (κ1) is 17.0. The molecule has 5 nitrogen and oxygen atoms in total. The second-order valence-electron chi connectivity index (χ2n) is 5.90. The molecule has 2 heterocycles. The lowest BCUT2D eigenvalue weighted by atomic mass is 10.1. The molecule has 0 unspecified atom stereocenters. The number of methoxy groups -OCH3 is 1. The molecule has 0 bridgehead atoms. The van der Waals surface area contributed by atoms with Crippen molar-refractivity contribution in [2.24, 2.45) is 0 Å². The van der Waals surface area contributed by atoms with Crippen molar-refractivity contribution in [1.29, 1.82) is 0 Å². The van der Waals surface area contributed by atoms with Crippen LogP contribution in [0, 0.1) is 6.92 Å². The van der Waals surface area contributed by atoms with Crippen LogP contribution < -0.4 is 10.4 Å². The number of fused-ring (bicyclic) bond motifs is 2. The van der Waals surface area contributed by atoms with Crippen LogP contribution >= 0.6 is 23.4 Å². The smallest absolute Gasteiger partial charge is 0.336 e. The van der Waals surface area contributed by atoms with E-state index in [0.29, 0.717) is 16.4 Å². The van der Waals surface area contributed by atoms with Gasteiger partial charge < -0.3 is 14.1 Å². The highest BCUT2D eigenvalue weighted by molar-refractivity contribution is 7.98. The first-order valence-corrected chi connectivity index (χ1v) is 9.29. The molecule has 7 heteroatoms. The number of nitrogens with one attached hydrogen (secondary N) is 1. The topological polar surface area (TPSA) is 68.1 Å². The maximum absolute atomic E-state index is 11.9. The van der Waals surface area contributed by atoms with E-state index in [4.69, 9.17) is 20.8 Å². The highest BCUT2D eigenvalue weighted by Crippen LogP contribution is 2.30. The number of thioether (sulfide) groups is 1. The van der Waals surface area contributed by atoms with E-state index in [0.717, 1.165) is 38.5 Å². The van der Waals surface area contributed by atoms with Gasteiger partial charge in [0.1, 0.15) is 11.3 Å². The van der Waals surface area contributed by atoms with E-state index in [1.54, 1.807) is 13.2 Å². The van der Waals surface area contributed by atoms with Gasteiger partial charge in [-0.2, -0.15) is 0 Å². The number of nitrogens with zero attached hydrogens (tertiary/aromatic N) is 1. The molecule has 0 aliphatic rings. The number of aromatic amines is 1. The maximum atomic E-state index is 11.9. The molecular formula is C19H15ClN2O3S. The van der Waals surface area contributed by atoms with Crippen LogP contribution in [-0.2, 0) is 5.75 Å². The summed E-state index contributed by atoms with van der Waals surface area (Å²) in [7, 11) is 1.63. The molecule has 132 valence electrons. The normalized spacial score (nSPS) is 11.3. The number of halogens is 1. The fourth-order valence-corrected chi connectivity index (χ4v) is 3.81. The Balaban J connectivity index is 1.67. The predicted molar refractivity (Wildman–Crippen MR) is 104 cm³/mol. The first-order chi connectivity index (χ1) is 12.5. The molecular weight excluding hydrogens is 372 g/mol. The van der Waals surface area contributed by atoms with Crippen molar-refractivity contribution in [3.05, 3.63) is 63.0 Å². The molecule has 1 N–H and O–H groups in total. The van der Waals surface area contributed by atoms with Crippen molar-refractivity contribution in [3.8, 4) is 5.75 Å². The summed E-state index contributed by atoms with van der Waals surface area (Å²) in [5.41, 5.74) is 3.68. The summed E-state index contributed by atoms with van der Waals surface area (Å²) in [6, 6.07) is 10.8. The van der Waals surface area contributed by atoms with E-state index in [9.17, 15) is 4.79 Å². The van der Waals surface area contributed by atoms with E-state index in [-0.39, 0.29) is 5.63 Å². The largest absolute Gasteiger partial charge is 0.497 e. The summed E-state index contributed by atoms with van der Waals surface area (Å²) in [5.74, 6) is 1.34. The van der Waals surface area contributed by atoms with Crippen molar-refractivity contribution in [2.75, 3.05) is 7.11 Å². The van der Waals surface area contributed by atoms with Gasteiger partial charge >= 0.3 is 5.63 Å². The molecule has 0 saturated carbocycles. The number of hydrogen-bond donors (Lipinski definition) is 1. The van der Waals surface area contributed by atoms with Gasteiger partial charge in [-0.15, -0.1) is 0 Å². The number of hydrogen-bond acceptors (Lipinski definition) is 5. The van der Waals surface area contributed by atoms with Crippen molar-refractivity contribution >= 4 is 45.4 Å². The number of ether oxygens (including phenoxy) is 1. The van der Waals surface area contributed by atoms with Gasteiger partial charge in [-0.1, -0.05) is 23.4 Å². The minimum Gasteiger partial charge on any atom is -0.497 e. The Labute approximate surface area is 158 Å². The molecule has 2 aromatic carbocycles. The summed E-state index contributed by atoms with van der Waals surface area (Å²) >= 11 is 7.76. The molecule has 0 aliphatic carbocycles. The average molecular weight is 387 g/mol. The van der Waals surface area contributed by atoms with Crippen molar-refractivity contribution < 1.29 is 9.15 Å². The Morgan fingerprint density at radius 1 is 1.27 bits per heavy atom. The SMILES string of the molecule is COc1ccc2nc(SCc3cc(=O)oc4cc(C)c(Cl)cc34)[nH]c2c1. The van der Waals surface area contributed by atoms with Crippen LogP contribution in [0.5, 0.6) is 5.75 Å². The van der Waals surface area contributed by atoms with Crippen LogP contribution in [0.3, 0.4) is 0 Å². The highest BCUT2D eigenvalue weighted by Gasteiger charge is 2.11. The maximum Gasteiger partial charge on any atom is 0.336 e. The number of aromatic nitrogens is 2. The first-order valence-electron chi connectivity index (χ1n) is 7.93. The molecule has 0 saturated heterocycles. The lowest BCUT2D eigenvalue weighted by molar-refractivity contribution is 0.415. The predicted octanol–water partition coefficient (Wildman–Crippen LogP) is 4.93. The molecule has 4 aromatic rings. The summed E-state index contributed by atoms with van der Waals surface area (Å²) in [6.45, 7) is 1.88. The average Bonchev–Trinajstić information content (AvgIpc) is 3.03. The summed E-state index contributed by atoms with van der Waals surface area (Å²) in [4.78, 5) is 19.7. The standard InChI is InChI=1S/C19H15ClN2O3S/c1-10-5-17-13(8-14(10)20)11(6-18(23)25-17)9-26-19-21-15-4-3-12(24-2)7-16(15)22-19/h3-8H,9H2,1-2H3,(H,21,22). The third-order valence-electron chi connectivity index (χ3n) is 4.14. The minimum absolute atomic E-state index is 0.371. The van der Waals surface area contributed by atoms with Gasteiger partial charge in [0.25, 0.3) is 0 Å². The molecule has 0 aliphatic heterocycles. The van der Waals surface area contributed by atoms with Gasteiger partial charge in [-0.3, -0.25) is 0 Å². The van der Waals surface area contributed by atoms with Crippen LogP contribution in [0.25, 0.3) is 22.0 Å². The zero-order valence-electron chi connectivity index (χ0n) is 14.1. The number of imidazole rings is 1. The van der Waals surface area contributed by atoms with Crippen molar-refractivity contribution in [3.63, 3.8) is 0 Å². The number of rotatable bonds is 4. The Morgan fingerprint density at radius 3 is 2.92 bits per heavy atom. The van der Waals surface area contributed by atoms with E-state index >= 15 is 0 Å². The van der Waals surface area contributed by atoms with E-state index < -0.39 is 0 Å². The molecule has 0 amide bonds. The lowest BCUT2D eigenvalue weighted by Gasteiger charge is -2.06. The third kappa shape index (κ3) is 3.18. The molecule has 4 rings (SSSR count). The fourth-order valence-electron chi connectivity index (χ4n) is 2.77. The molecule has 0 radical (unpaired) electrons. The second kappa shape index (κ2) is 6.70. The van der Waals surface area contributed by atoms with Crippen LogP contribution in [0.2, 0.25) is 5.02 Å². The Hall–Kier alpha value is -2.44. The monoisotopic (exact) mass is 386 g/mol. The van der Waals surface area contributed by atoms with Crippen molar-refractivity contribution in [2.45, 2.75) is 17.8 Å². The Bertz CT molecular complexity index is 1180. The van der Waals surface area contributed by atoms with Gasteiger partial charge in [0.2, 0.25) is 0 Å². The van der Waals surface area contributed by atoms with Gasteiger partial charge in [-0.25, -0.2) is 9.78 Å². The molecule has 0 spiro atoms. The summed E-state index contributed by atoms with van der Waals surface area (Å²) in [5, 5.41) is 2.26. The van der Waals surface area contributed by atoms with E-state index in [1.807, 2.05) is 31.2 Å². The van der Waals surface area contributed by atoms with Crippen LogP contribution in [0.15, 0.2) is 50.8 Å². The zero-order valence-corrected chi connectivity index (χ0v) is 15.7. The molecule has 0 atom stereocenters. The van der Waals surface area contributed by atoms with E-state index in [2.05, 4.69) is 9.97 Å². The van der Waals surface area contributed by atoms with E-state index in [1.165, 1.54) is 17.8 Å². The Morgan fingerprint density at radius 2 is 2.12 bits per heavy atom.